The summed E-state index contributed by atoms with van der Waals surface area (Å²) >= 11 is 20.8. The van der Waals surface area contributed by atoms with Crippen LogP contribution in [-0.4, -0.2) is 11.1 Å². The van der Waals surface area contributed by atoms with Crippen LogP contribution in [0.2, 0.25) is 10.0 Å². The molecule has 1 heterocycles. The largest absolute Gasteiger partial charge is 0.487 e. The standard InChI is InChI=1S/C33H20Br2Cl2N2O2S/c34-28-16-20(17-29(35)31(28)41-19-22-6-3-5-21-4-1-2-7-27(21)22)18-30-32(40)39(26-14-10-24(37)11-15-26)33(42-30)38-25-12-8-23(36)9-13-25/h1-18H,19H2/b30-18-,38-33?. The van der Waals surface area contributed by atoms with E-state index >= 15 is 0 Å². The number of anilines is 1. The molecule has 6 rings (SSSR count). The van der Waals surface area contributed by atoms with Crippen LogP contribution in [0.15, 0.2) is 122 Å². The molecule has 0 unspecified atom stereocenters. The maximum Gasteiger partial charge on any atom is 0.271 e. The highest BCUT2D eigenvalue weighted by Gasteiger charge is 2.35. The van der Waals surface area contributed by atoms with Crippen molar-refractivity contribution in [2.24, 2.45) is 4.99 Å². The van der Waals surface area contributed by atoms with Gasteiger partial charge in [0.1, 0.15) is 12.4 Å². The number of carbonyl (C=O) groups is 1. The van der Waals surface area contributed by atoms with Crippen molar-refractivity contribution in [1.29, 1.82) is 0 Å². The van der Waals surface area contributed by atoms with E-state index in [1.807, 2.05) is 48.5 Å². The molecule has 1 fully saturated rings. The van der Waals surface area contributed by atoms with E-state index in [0.717, 1.165) is 25.5 Å². The molecule has 1 amide bonds. The van der Waals surface area contributed by atoms with E-state index in [-0.39, 0.29) is 5.91 Å². The van der Waals surface area contributed by atoms with Gasteiger partial charge in [-0.3, -0.25) is 9.69 Å². The van der Waals surface area contributed by atoms with E-state index in [1.165, 1.54) is 17.1 Å². The van der Waals surface area contributed by atoms with Crippen molar-refractivity contribution >= 4 is 106 Å². The third-order valence-corrected chi connectivity index (χ3v) is 9.16. The third kappa shape index (κ3) is 6.31. The van der Waals surface area contributed by atoms with Crippen LogP contribution in [0.5, 0.6) is 5.75 Å². The lowest BCUT2D eigenvalue weighted by molar-refractivity contribution is -0.113. The number of halogens is 4. The van der Waals surface area contributed by atoms with Crippen LogP contribution in [-0.2, 0) is 11.4 Å². The molecule has 0 N–H and O–H groups in total. The second-order valence-electron chi connectivity index (χ2n) is 9.34. The first-order valence-corrected chi connectivity index (χ1v) is 15.9. The Balaban J connectivity index is 1.29. The molecular weight excluding hydrogens is 719 g/mol. The average Bonchev–Trinajstić information content (AvgIpc) is 3.28. The second-order valence-corrected chi connectivity index (χ2v) is 12.9. The van der Waals surface area contributed by atoms with Crippen molar-refractivity contribution in [2.45, 2.75) is 6.61 Å². The Kier molecular flexibility index (Phi) is 8.75. The van der Waals surface area contributed by atoms with Crippen molar-refractivity contribution in [3.05, 3.63) is 138 Å². The molecule has 0 aromatic heterocycles. The average molecular weight is 739 g/mol. The van der Waals surface area contributed by atoms with Gasteiger partial charge >= 0.3 is 0 Å². The number of rotatable bonds is 6. The highest BCUT2D eigenvalue weighted by atomic mass is 79.9. The summed E-state index contributed by atoms with van der Waals surface area (Å²) in [5.41, 5.74) is 3.28. The molecule has 9 heteroatoms. The van der Waals surface area contributed by atoms with E-state index in [9.17, 15) is 4.79 Å². The van der Waals surface area contributed by atoms with Gasteiger partial charge in [0.15, 0.2) is 5.17 Å². The summed E-state index contributed by atoms with van der Waals surface area (Å²) in [7, 11) is 0. The van der Waals surface area contributed by atoms with Crippen molar-refractivity contribution in [1.82, 2.24) is 0 Å². The van der Waals surface area contributed by atoms with Gasteiger partial charge in [-0.1, -0.05) is 65.7 Å². The normalized spacial score (nSPS) is 15.2. The van der Waals surface area contributed by atoms with Crippen LogP contribution in [0.25, 0.3) is 16.8 Å². The van der Waals surface area contributed by atoms with Crippen LogP contribution in [0, 0.1) is 0 Å². The molecular formula is C33H20Br2Cl2N2O2S. The topological polar surface area (TPSA) is 41.9 Å². The Morgan fingerprint density at radius 1 is 0.833 bits per heavy atom. The van der Waals surface area contributed by atoms with Gasteiger partial charge < -0.3 is 4.74 Å². The number of benzene rings is 5. The van der Waals surface area contributed by atoms with Gasteiger partial charge in [-0.2, -0.15) is 0 Å². The summed E-state index contributed by atoms with van der Waals surface area (Å²) in [6.07, 6.45) is 1.85. The minimum atomic E-state index is -0.182. The summed E-state index contributed by atoms with van der Waals surface area (Å²) in [6, 6.07) is 32.6. The highest BCUT2D eigenvalue weighted by Crippen LogP contribution is 2.40. The van der Waals surface area contributed by atoms with Crippen LogP contribution >= 0.6 is 66.8 Å². The van der Waals surface area contributed by atoms with Gasteiger partial charge in [0.05, 0.1) is 25.2 Å². The fourth-order valence-electron chi connectivity index (χ4n) is 4.51. The number of ether oxygens (including phenoxy) is 1. The predicted molar refractivity (Wildman–Crippen MR) is 183 cm³/mol. The van der Waals surface area contributed by atoms with Crippen LogP contribution in [0.3, 0.4) is 0 Å². The number of thioether (sulfide) groups is 1. The molecule has 42 heavy (non-hydrogen) atoms. The highest BCUT2D eigenvalue weighted by molar-refractivity contribution is 9.11. The van der Waals surface area contributed by atoms with E-state index in [1.54, 1.807) is 41.3 Å². The van der Waals surface area contributed by atoms with Crippen molar-refractivity contribution < 1.29 is 9.53 Å². The lowest BCUT2D eigenvalue weighted by Gasteiger charge is -2.15. The molecule has 0 saturated carbocycles. The molecule has 5 aromatic rings. The summed E-state index contributed by atoms with van der Waals surface area (Å²) in [5.74, 6) is 0.502. The molecule has 1 saturated heterocycles. The minimum absolute atomic E-state index is 0.182. The van der Waals surface area contributed by atoms with Gasteiger partial charge in [-0.15, -0.1) is 0 Å². The maximum atomic E-state index is 13.7. The number of fused-ring (bicyclic) bond motifs is 1. The fourth-order valence-corrected chi connectivity index (χ4v) is 7.22. The van der Waals surface area contributed by atoms with Gasteiger partial charge in [0, 0.05) is 10.0 Å². The monoisotopic (exact) mass is 736 g/mol. The zero-order valence-corrected chi connectivity index (χ0v) is 27.2. The maximum absolute atomic E-state index is 13.7. The molecule has 0 spiro atoms. The summed E-state index contributed by atoms with van der Waals surface area (Å²) in [4.78, 5) is 20.6. The van der Waals surface area contributed by atoms with Gasteiger partial charge in [0.25, 0.3) is 5.91 Å². The quantitative estimate of drug-likeness (QED) is 0.163. The molecule has 0 atom stereocenters. The smallest absolute Gasteiger partial charge is 0.271 e. The first kappa shape index (κ1) is 29.0. The third-order valence-electron chi connectivity index (χ3n) is 6.51. The van der Waals surface area contributed by atoms with Crippen LogP contribution in [0.1, 0.15) is 11.1 Å². The predicted octanol–water partition coefficient (Wildman–Crippen LogP) is 11.1. The Bertz CT molecular complexity index is 1850. The van der Waals surface area contributed by atoms with Gasteiger partial charge in [0.2, 0.25) is 0 Å². The second kappa shape index (κ2) is 12.7. The number of hydrogen-bond acceptors (Lipinski definition) is 4. The number of amidine groups is 1. The Morgan fingerprint density at radius 2 is 1.48 bits per heavy atom. The van der Waals surface area contributed by atoms with E-state index in [4.69, 9.17) is 32.9 Å². The lowest BCUT2D eigenvalue weighted by Crippen LogP contribution is -2.28. The van der Waals surface area contributed by atoms with E-state index < -0.39 is 0 Å². The number of nitrogens with zero attached hydrogens (tertiary/aromatic N) is 2. The fraction of sp³-hybridized carbons (Fsp3) is 0.0303. The Morgan fingerprint density at radius 3 is 2.19 bits per heavy atom. The lowest BCUT2D eigenvalue weighted by atomic mass is 10.1. The Labute approximate surface area is 274 Å². The molecule has 1 aliphatic rings. The van der Waals surface area contributed by atoms with Crippen LogP contribution < -0.4 is 9.64 Å². The zero-order valence-electron chi connectivity index (χ0n) is 21.7. The van der Waals surface area contributed by atoms with Crippen molar-refractivity contribution in [3.63, 3.8) is 0 Å². The van der Waals surface area contributed by atoms with Gasteiger partial charge in [-0.25, -0.2) is 4.99 Å². The molecule has 208 valence electrons. The summed E-state index contributed by atoms with van der Waals surface area (Å²) < 4.78 is 7.79. The van der Waals surface area contributed by atoms with Gasteiger partial charge in [-0.05, 0) is 132 Å². The molecule has 0 radical (unpaired) electrons. The molecule has 5 aromatic carbocycles. The number of amides is 1. The van der Waals surface area contributed by atoms with Crippen LogP contribution in [0.4, 0.5) is 11.4 Å². The molecule has 0 aliphatic carbocycles. The summed E-state index contributed by atoms with van der Waals surface area (Å²) in [5, 5.41) is 4.06. The first-order valence-electron chi connectivity index (χ1n) is 12.8. The molecule has 0 bridgehead atoms. The summed E-state index contributed by atoms with van der Waals surface area (Å²) in [6.45, 7) is 0.411. The van der Waals surface area contributed by atoms with Crippen molar-refractivity contribution in [2.75, 3.05) is 4.90 Å². The van der Waals surface area contributed by atoms with E-state index in [0.29, 0.717) is 43.8 Å². The first-order chi connectivity index (χ1) is 20.4. The molecule has 4 nitrogen and oxygen atoms in total. The number of carbonyl (C=O) groups excluding carboxylic acids is 1. The Hall–Kier alpha value is -3.07. The number of aliphatic imine (C=N–C) groups is 1. The SMILES string of the molecule is O=C1/C(=C/c2cc(Br)c(OCc3cccc4ccccc34)c(Br)c2)SC(=Nc2ccc(Cl)cc2)N1c1ccc(Cl)cc1. The zero-order chi connectivity index (χ0) is 29.2. The van der Waals surface area contributed by atoms with Crippen molar-refractivity contribution in [3.8, 4) is 5.75 Å². The van der Waals surface area contributed by atoms with E-state index in [2.05, 4.69) is 56.1 Å². The minimum Gasteiger partial charge on any atom is -0.487 e. The molecule has 1 aliphatic heterocycles. The number of hydrogen-bond donors (Lipinski definition) is 0.